The Hall–Kier alpha value is -1.76. The highest BCUT2D eigenvalue weighted by Crippen LogP contribution is 2.33. The quantitative estimate of drug-likeness (QED) is 0.309. The SMILES string of the molecule is C=CCN1C(=O)/C(=C/c2ccc(SCc3ccccc3)o2)SC1=S. The number of carbonyl (C=O) groups is 1. The summed E-state index contributed by atoms with van der Waals surface area (Å²) in [7, 11) is 0. The highest BCUT2D eigenvalue weighted by molar-refractivity contribution is 8.26. The van der Waals surface area contributed by atoms with Crippen LogP contribution in [0, 0.1) is 0 Å². The van der Waals surface area contributed by atoms with Gasteiger partial charge in [0.15, 0.2) is 5.09 Å². The van der Waals surface area contributed by atoms with Crippen LogP contribution in [0.3, 0.4) is 0 Å². The normalized spacial score (nSPS) is 16.2. The number of carbonyl (C=O) groups excluding carboxylic acids is 1. The summed E-state index contributed by atoms with van der Waals surface area (Å²) in [6, 6.07) is 14.0. The molecular weight excluding hydrogens is 358 g/mol. The second kappa shape index (κ2) is 7.88. The van der Waals surface area contributed by atoms with Crippen molar-refractivity contribution in [1.29, 1.82) is 0 Å². The summed E-state index contributed by atoms with van der Waals surface area (Å²) in [5.41, 5.74) is 1.24. The van der Waals surface area contributed by atoms with E-state index in [2.05, 4.69) is 18.7 Å². The molecule has 1 aromatic heterocycles. The van der Waals surface area contributed by atoms with E-state index in [1.54, 1.807) is 23.9 Å². The molecule has 3 rings (SSSR count). The van der Waals surface area contributed by atoms with E-state index in [4.69, 9.17) is 16.6 Å². The van der Waals surface area contributed by atoms with Gasteiger partial charge in [-0.2, -0.15) is 0 Å². The van der Waals surface area contributed by atoms with Crippen molar-refractivity contribution in [1.82, 2.24) is 4.90 Å². The first-order chi connectivity index (χ1) is 11.7. The number of thiocarbonyl (C=S) groups is 1. The van der Waals surface area contributed by atoms with Crippen molar-refractivity contribution in [3.8, 4) is 0 Å². The Labute approximate surface area is 154 Å². The average molecular weight is 374 g/mol. The Morgan fingerprint density at radius 2 is 2.04 bits per heavy atom. The Bertz CT molecular complexity index is 796. The Morgan fingerprint density at radius 1 is 1.25 bits per heavy atom. The van der Waals surface area contributed by atoms with Crippen molar-refractivity contribution < 1.29 is 9.21 Å². The smallest absolute Gasteiger partial charge is 0.266 e. The second-order valence-corrected chi connectivity index (χ2v) is 7.67. The molecule has 3 nitrogen and oxygen atoms in total. The van der Waals surface area contributed by atoms with Crippen LogP contribution in [0.1, 0.15) is 11.3 Å². The lowest BCUT2D eigenvalue weighted by molar-refractivity contribution is -0.121. The maximum absolute atomic E-state index is 12.3. The van der Waals surface area contributed by atoms with E-state index in [1.807, 2.05) is 30.3 Å². The number of furan rings is 1. The van der Waals surface area contributed by atoms with Crippen LogP contribution < -0.4 is 0 Å². The van der Waals surface area contributed by atoms with Crippen LogP contribution in [-0.4, -0.2) is 21.7 Å². The van der Waals surface area contributed by atoms with E-state index in [0.29, 0.717) is 21.5 Å². The number of benzene rings is 1. The Balaban J connectivity index is 1.66. The molecule has 0 N–H and O–H groups in total. The minimum Gasteiger partial charge on any atom is -0.450 e. The fourth-order valence-electron chi connectivity index (χ4n) is 2.13. The third-order valence-corrected chi connectivity index (χ3v) is 5.64. The molecule has 0 unspecified atom stereocenters. The third-order valence-electron chi connectivity index (χ3n) is 3.28. The van der Waals surface area contributed by atoms with Gasteiger partial charge in [0.05, 0.1) is 4.91 Å². The molecule has 6 heteroatoms. The van der Waals surface area contributed by atoms with Crippen LogP contribution in [0.15, 0.2) is 69.5 Å². The molecule has 24 heavy (non-hydrogen) atoms. The molecule has 0 aliphatic carbocycles. The average Bonchev–Trinajstić information content (AvgIpc) is 3.14. The molecule has 0 spiro atoms. The van der Waals surface area contributed by atoms with E-state index in [-0.39, 0.29) is 5.91 Å². The van der Waals surface area contributed by atoms with Crippen LogP contribution >= 0.6 is 35.7 Å². The first kappa shape index (κ1) is 17.1. The van der Waals surface area contributed by atoms with Crippen LogP contribution in [0.25, 0.3) is 6.08 Å². The molecule has 1 fully saturated rings. The monoisotopic (exact) mass is 373 g/mol. The lowest BCUT2D eigenvalue weighted by Gasteiger charge is -2.10. The predicted octanol–water partition coefficient (Wildman–Crippen LogP) is 4.96. The molecule has 2 aromatic rings. The van der Waals surface area contributed by atoms with Crippen molar-refractivity contribution >= 4 is 52.0 Å². The van der Waals surface area contributed by atoms with Crippen molar-refractivity contribution in [3.63, 3.8) is 0 Å². The molecule has 122 valence electrons. The molecule has 0 bridgehead atoms. The lowest BCUT2D eigenvalue weighted by Crippen LogP contribution is -2.27. The fourth-order valence-corrected chi connectivity index (χ4v) is 4.21. The Morgan fingerprint density at radius 3 is 2.79 bits per heavy atom. The topological polar surface area (TPSA) is 33.5 Å². The Kier molecular flexibility index (Phi) is 5.60. The van der Waals surface area contributed by atoms with Crippen LogP contribution in [-0.2, 0) is 10.5 Å². The van der Waals surface area contributed by atoms with Gasteiger partial charge in [0.1, 0.15) is 10.1 Å². The second-order valence-electron chi connectivity index (χ2n) is 5.01. The van der Waals surface area contributed by atoms with E-state index in [0.717, 1.165) is 10.8 Å². The molecule has 0 radical (unpaired) electrons. The summed E-state index contributed by atoms with van der Waals surface area (Å²) in [6.07, 6.45) is 3.41. The van der Waals surface area contributed by atoms with Gasteiger partial charge in [-0.05, 0) is 17.7 Å². The van der Waals surface area contributed by atoms with E-state index in [1.165, 1.54) is 22.2 Å². The highest BCUT2D eigenvalue weighted by Gasteiger charge is 2.31. The van der Waals surface area contributed by atoms with E-state index >= 15 is 0 Å². The van der Waals surface area contributed by atoms with Crippen molar-refractivity contribution in [2.45, 2.75) is 10.8 Å². The van der Waals surface area contributed by atoms with Gasteiger partial charge >= 0.3 is 0 Å². The van der Waals surface area contributed by atoms with Gasteiger partial charge in [-0.3, -0.25) is 9.69 Å². The number of rotatable bonds is 6. The van der Waals surface area contributed by atoms with E-state index in [9.17, 15) is 4.79 Å². The first-order valence-corrected chi connectivity index (χ1v) is 9.51. The van der Waals surface area contributed by atoms with Crippen LogP contribution in [0.2, 0.25) is 0 Å². The van der Waals surface area contributed by atoms with Crippen molar-refractivity contribution in [3.05, 3.63) is 71.3 Å². The first-order valence-electron chi connectivity index (χ1n) is 7.30. The number of amides is 1. The summed E-state index contributed by atoms with van der Waals surface area (Å²) in [4.78, 5) is 14.4. The van der Waals surface area contributed by atoms with Gasteiger partial charge in [-0.15, -0.1) is 6.58 Å². The summed E-state index contributed by atoms with van der Waals surface area (Å²) >= 11 is 8.14. The van der Waals surface area contributed by atoms with Crippen LogP contribution in [0.4, 0.5) is 0 Å². The summed E-state index contributed by atoms with van der Waals surface area (Å²) in [5, 5.41) is 0.826. The largest absolute Gasteiger partial charge is 0.450 e. The summed E-state index contributed by atoms with van der Waals surface area (Å²) in [5.74, 6) is 1.40. The lowest BCUT2D eigenvalue weighted by atomic mass is 10.2. The van der Waals surface area contributed by atoms with E-state index < -0.39 is 0 Å². The fraction of sp³-hybridized carbons (Fsp3) is 0.111. The molecule has 1 aliphatic heterocycles. The standard InChI is InChI=1S/C18H15NO2S3/c1-2-10-19-17(20)15(24-18(19)22)11-14-8-9-16(21-14)23-12-13-6-4-3-5-7-13/h2-9,11H,1,10,12H2/b15-11-. The predicted molar refractivity (Wildman–Crippen MR) is 105 cm³/mol. The van der Waals surface area contributed by atoms with Gasteiger partial charge < -0.3 is 4.42 Å². The van der Waals surface area contributed by atoms with Crippen molar-refractivity contribution in [2.75, 3.05) is 6.54 Å². The minimum absolute atomic E-state index is 0.0974. The molecule has 0 saturated carbocycles. The van der Waals surface area contributed by atoms with Gasteiger partial charge in [0.2, 0.25) is 0 Å². The van der Waals surface area contributed by atoms with Gasteiger partial charge in [-0.1, -0.05) is 72.1 Å². The van der Waals surface area contributed by atoms with Gasteiger partial charge in [0, 0.05) is 18.4 Å². The molecule has 1 aromatic carbocycles. The van der Waals surface area contributed by atoms with Gasteiger partial charge in [-0.25, -0.2) is 0 Å². The molecule has 1 saturated heterocycles. The van der Waals surface area contributed by atoms with Crippen LogP contribution in [0.5, 0.6) is 0 Å². The number of nitrogens with zero attached hydrogens (tertiary/aromatic N) is 1. The zero-order chi connectivity index (χ0) is 16.9. The maximum atomic E-state index is 12.3. The van der Waals surface area contributed by atoms with Gasteiger partial charge in [0.25, 0.3) is 5.91 Å². The number of hydrogen-bond donors (Lipinski definition) is 0. The molecule has 0 atom stereocenters. The zero-order valence-corrected chi connectivity index (χ0v) is 15.3. The summed E-state index contributed by atoms with van der Waals surface area (Å²) < 4.78 is 6.34. The maximum Gasteiger partial charge on any atom is 0.266 e. The molecule has 1 amide bonds. The molecule has 2 heterocycles. The molecule has 1 aliphatic rings. The number of hydrogen-bond acceptors (Lipinski definition) is 5. The minimum atomic E-state index is -0.0974. The highest BCUT2D eigenvalue weighted by atomic mass is 32.2. The van der Waals surface area contributed by atoms with Crippen molar-refractivity contribution in [2.24, 2.45) is 0 Å². The summed E-state index contributed by atoms with van der Waals surface area (Å²) in [6.45, 7) is 4.08. The molecular formula is C18H15NO2S3. The third kappa shape index (κ3) is 4.01. The number of thioether (sulfide) groups is 2. The zero-order valence-electron chi connectivity index (χ0n) is 12.8.